The highest BCUT2D eigenvalue weighted by Crippen LogP contribution is 2.19. The van der Waals surface area contributed by atoms with Crippen molar-refractivity contribution in [1.82, 2.24) is 5.32 Å². The smallest absolute Gasteiger partial charge is 0.387 e. The molecule has 0 fully saturated rings. The number of hydrogen-bond acceptors (Lipinski definition) is 2. The van der Waals surface area contributed by atoms with Crippen LogP contribution in [0, 0.1) is 0 Å². The van der Waals surface area contributed by atoms with Gasteiger partial charge in [-0.05, 0) is 18.6 Å². The second kappa shape index (κ2) is 9.12. The van der Waals surface area contributed by atoms with Gasteiger partial charge in [-0.25, -0.2) is 4.79 Å². The number of carbonyl (C=O) groups is 1. The zero-order valence-electron chi connectivity index (χ0n) is 11.5. The first-order valence-electron chi connectivity index (χ1n) is 6.71. The Labute approximate surface area is 117 Å². The Bertz CT molecular complexity index is 414. The zero-order valence-corrected chi connectivity index (χ0v) is 11.5. The maximum Gasteiger partial charge on any atom is 0.387 e. The highest BCUT2D eigenvalue weighted by atomic mass is 19.3. The Hall–Kier alpha value is -1.85. The van der Waals surface area contributed by atoms with Crippen LogP contribution in [0.3, 0.4) is 0 Å². The molecule has 112 valence electrons. The zero-order chi connectivity index (χ0) is 14.8. The summed E-state index contributed by atoms with van der Waals surface area (Å²) in [5, 5.41) is 5.28. The molecule has 1 rings (SSSR count). The normalized spacial score (nSPS) is 10.4. The van der Waals surface area contributed by atoms with Crippen molar-refractivity contribution in [2.24, 2.45) is 0 Å². The Balaban J connectivity index is 2.34. The molecule has 0 spiro atoms. The van der Waals surface area contributed by atoms with Crippen molar-refractivity contribution >= 4 is 11.7 Å². The number of halogens is 2. The van der Waals surface area contributed by atoms with Crippen molar-refractivity contribution in [2.45, 2.75) is 39.2 Å². The van der Waals surface area contributed by atoms with Crippen LogP contribution in [0.4, 0.5) is 19.3 Å². The molecule has 0 atom stereocenters. The molecular weight excluding hydrogens is 266 g/mol. The highest BCUT2D eigenvalue weighted by molar-refractivity contribution is 5.89. The average molecular weight is 286 g/mol. The molecule has 0 saturated heterocycles. The van der Waals surface area contributed by atoms with E-state index >= 15 is 0 Å². The van der Waals surface area contributed by atoms with Gasteiger partial charge in [-0.15, -0.1) is 0 Å². The summed E-state index contributed by atoms with van der Waals surface area (Å²) in [4.78, 5) is 11.6. The Morgan fingerprint density at radius 3 is 2.80 bits per heavy atom. The van der Waals surface area contributed by atoms with Crippen LogP contribution in [0.1, 0.15) is 32.6 Å². The number of rotatable bonds is 8. The first kappa shape index (κ1) is 16.2. The third-order valence-electron chi connectivity index (χ3n) is 2.63. The molecule has 1 aromatic carbocycles. The van der Waals surface area contributed by atoms with Gasteiger partial charge < -0.3 is 15.4 Å². The van der Waals surface area contributed by atoms with E-state index in [0.717, 1.165) is 25.7 Å². The number of unbranched alkanes of at least 4 members (excludes halogenated alkanes) is 3. The fourth-order valence-corrected chi connectivity index (χ4v) is 1.68. The molecule has 0 bridgehead atoms. The summed E-state index contributed by atoms with van der Waals surface area (Å²) in [6.07, 6.45) is 4.30. The lowest BCUT2D eigenvalue weighted by Gasteiger charge is -2.09. The van der Waals surface area contributed by atoms with Crippen molar-refractivity contribution in [3.8, 4) is 5.75 Å². The molecule has 0 saturated carbocycles. The quantitative estimate of drug-likeness (QED) is 0.710. The third kappa shape index (κ3) is 6.92. The molecule has 4 nitrogen and oxygen atoms in total. The number of nitrogens with one attached hydrogen (secondary N) is 2. The number of ether oxygens (including phenoxy) is 1. The van der Waals surface area contributed by atoms with Gasteiger partial charge in [0, 0.05) is 18.3 Å². The number of amides is 2. The van der Waals surface area contributed by atoms with Gasteiger partial charge >= 0.3 is 12.6 Å². The molecule has 6 heteroatoms. The molecule has 2 amide bonds. The van der Waals surface area contributed by atoms with E-state index in [1.165, 1.54) is 18.2 Å². The maximum absolute atomic E-state index is 12.1. The van der Waals surface area contributed by atoms with Crippen LogP contribution in [-0.4, -0.2) is 19.2 Å². The lowest BCUT2D eigenvalue weighted by atomic mass is 10.2. The summed E-state index contributed by atoms with van der Waals surface area (Å²) < 4.78 is 28.4. The largest absolute Gasteiger partial charge is 0.435 e. The Morgan fingerprint density at radius 2 is 2.10 bits per heavy atom. The predicted octanol–water partition coefficient (Wildman–Crippen LogP) is 3.99. The molecule has 0 aliphatic heterocycles. The molecular formula is C14H20F2N2O2. The van der Waals surface area contributed by atoms with E-state index in [-0.39, 0.29) is 11.8 Å². The number of urea groups is 1. The van der Waals surface area contributed by atoms with Crippen LogP contribution in [0.25, 0.3) is 0 Å². The van der Waals surface area contributed by atoms with E-state index < -0.39 is 6.61 Å². The number of anilines is 1. The second-order valence-corrected chi connectivity index (χ2v) is 4.35. The number of benzene rings is 1. The topological polar surface area (TPSA) is 50.4 Å². The van der Waals surface area contributed by atoms with Gasteiger partial charge in [0.15, 0.2) is 0 Å². The van der Waals surface area contributed by atoms with Crippen LogP contribution in [0.2, 0.25) is 0 Å². The van der Waals surface area contributed by atoms with Gasteiger partial charge in [-0.2, -0.15) is 8.78 Å². The maximum atomic E-state index is 12.1. The summed E-state index contributed by atoms with van der Waals surface area (Å²) in [5.41, 5.74) is 0.411. The lowest BCUT2D eigenvalue weighted by Crippen LogP contribution is -2.29. The van der Waals surface area contributed by atoms with E-state index in [1.54, 1.807) is 6.07 Å². The summed E-state index contributed by atoms with van der Waals surface area (Å²) in [5.74, 6) is 0.0146. The molecule has 0 heterocycles. The molecule has 0 aromatic heterocycles. The number of carbonyl (C=O) groups excluding carboxylic acids is 1. The molecule has 1 aromatic rings. The van der Waals surface area contributed by atoms with E-state index in [1.807, 2.05) is 0 Å². The van der Waals surface area contributed by atoms with E-state index in [2.05, 4.69) is 22.3 Å². The summed E-state index contributed by atoms with van der Waals surface area (Å²) >= 11 is 0. The van der Waals surface area contributed by atoms with Crippen molar-refractivity contribution in [2.75, 3.05) is 11.9 Å². The fourth-order valence-electron chi connectivity index (χ4n) is 1.68. The van der Waals surface area contributed by atoms with Crippen molar-refractivity contribution in [1.29, 1.82) is 0 Å². The molecule has 0 radical (unpaired) electrons. The standard InChI is InChI=1S/C14H20F2N2O2/c1-2-3-4-5-9-17-14(19)18-11-7-6-8-12(10-11)20-13(15)16/h6-8,10,13H,2-5,9H2,1H3,(H2,17,18,19). The summed E-state index contributed by atoms with van der Waals surface area (Å²) in [7, 11) is 0. The fraction of sp³-hybridized carbons (Fsp3) is 0.500. The molecule has 20 heavy (non-hydrogen) atoms. The van der Waals surface area contributed by atoms with Gasteiger partial charge in [0.05, 0.1) is 0 Å². The van der Waals surface area contributed by atoms with Crippen LogP contribution in [0.15, 0.2) is 24.3 Å². The second-order valence-electron chi connectivity index (χ2n) is 4.35. The minimum Gasteiger partial charge on any atom is -0.435 e. The minimum absolute atomic E-state index is 0.0146. The van der Waals surface area contributed by atoms with Gasteiger partial charge in [-0.1, -0.05) is 32.3 Å². The monoisotopic (exact) mass is 286 g/mol. The average Bonchev–Trinajstić information content (AvgIpc) is 2.38. The van der Waals surface area contributed by atoms with Gasteiger partial charge in [0.2, 0.25) is 0 Å². The van der Waals surface area contributed by atoms with E-state index in [0.29, 0.717) is 12.2 Å². The summed E-state index contributed by atoms with van der Waals surface area (Å²) in [6.45, 7) is -0.161. The Morgan fingerprint density at radius 1 is 1.30 bits per heavy atom. The Kier molecular flexibility index (Phi) is 7.39. The molecule has 0 unspecified atom stereocenters. The van der Waals surface area contributed by atoms with Crippen molar-refractivity contribution in [3.63, 3.8) is 0 Å². The van der Waals surface area contributed by atoms with Crippen LogP contribution >= 0.6 is 0 Å². The van der Waals surface area contributed by atoms with E-state index in [4.69, 9.17) is 0 Å². The number of alkyl halides is 2. The summed E-state index contributed by atoms with van der Waals surface area (Å²) in [6, 6.07) is 5.54. The first-order valence-corrected chi connectivity index (χ1v) is 6.71. The number of hydrogen-bond donors (Lipinski definition) is 2. The van der Waals surface area contributed by atoms with Gasteiger partial charge in [0.1, 0.15) is 5.75 Å². The van der Waals surface area contributed by atoms with Crippen molar-refractivity contribution < 1.29 is 18.3 Å². The SMILES string of the molecule is CCCCCCNC(=O)Nc1cccc(OC(F)F)c1. The van der Waals surface area contributed by atoms with Crippen LogP contribution in [0.5, 0.6) is 5.75 Å². The van der Waals surface area contributed by atoms with Crippen LogP contribution < -0.4 is 15.4 Å². The van der Waals surface area contributed by atoms with E-state index in [9.17, 15) is 13.6 Å². The van der Waals surface area contributed by atoms with Crippen LogP contribution in [-0.2, 0) is 0 Å². The molecule has 2 N–H and O–H groups in total. The first-order chi connectivity index (χ1) is 9.61. The predicted molar refractivity (Wildman–Crippen MR) is 74.2 cm³/mol. The van der Waals surface area contributed by atoms with Gasteiger partial charge in [-0.3, -0.25) is 0 Å². The van der Waals surface area contributed by atoms with Gasteiger partial charge in [0.25, 0.3) is 0 Å². The molecule has 0 aliphatic carbocycles. The third-order valence-corrected chi connectivity index (χ3v) is 2.63. The minimum atomic E-state index is -2.88. The van der Waals surface area contributed by atoms with Crippen molar-refractivity contribution in [3.05, 3.63) is 24.3 Å². The molecule has 0 aliphatic rings. The highest BCUT2D eigenvalue weighted by Gasteiger charge is 2.06. The lowest BCUT2D eigenvalue weighted by molar-refractivity contribution is -0.0497.